The Balaban J connectivity index is 1.93. The van der Waals surface area contributed by atoms with E-state index >= 15 is 0 Å². The van der Waals surface area contributed by atoms with Crippen LogP contribution < -0.4 is 4.74 Å². The number of halogens is 1. The number of thioether (sulfide) groups is 1. The Labute approximate surface area is 132 Å². The molecule has 2 aromatic rings. The molecule has 0 radical (unpaired) electrons. The van der Waals surface area contributed by atoms with Crippen LogP contribution in [0.15, 0.2) is 52.9 Å². The molecule has 2 aromatic carbocycles. The summed E-state index contributed by atoms with van der Waals surface area (Å²) in [4.78, 5) is 13.5. The van der Waals surface area contributed by atoms with Crippen LogP contribution in [-0.4, -0.2) is 18.6 Å². The lowest BCUT2D eigenvalue weighted by molar-refractivity contribution is 0.103. The Morgan fingerprint density at radius 3 is 2.67 bits per heavy atom. The zero-order valence-corrected chi connectivity index (χ0v) is 13.0. The highest BCUT2D eigenvalue weighted by molar-refractivity contribution is 7.99. The Morgan fingerprint density at radius 2 is 1.95 bits per heavy atom. The van der Waals surface area contributed by atoms with Gasteiger partial charge in [-0.25, -0.2) is 0 Å². The lowest BCUT2D eigenvalue weighted by atomic mass is 10.0. The summed E-state index contributed by atoms with van der Waals surface area (Å²) < 4.78 is 5.13. The molecule has 0 unspecified atom stereocenters. The summed E-state index contributed by atoms with van der Waals surface area (Å²) in [6.45, 7) is 0. The second-order valence-electron chi connectivity index (χ2n) is 4.70. The number of fused-ring (bicyclic) bond motifs is 1. The van der Waals surface area contributed by atoms with E-state index in [2.05, 4.69) is 0 Å². The summed E-state index contributed by atoms with van der Waals surface area (Å²) in [6, 6.07) is 13.1. The van der Waals surface area contributed by atoms with Crippen LogP contribution in [0.2, 0.25) is 5.02 Å². The first kappa shape index (κ1) is 14.2. The highest BCUT2D eigenvalue weighted by atomic mass is 35.5. The van der Waals surface area contributed by atoms with Crippen molar-refractivity contribution in [2.45, 2.75) is 4.90 Å². The minimum atomic E-state index is 0.0575. The Bertz CT molecular complexity index is 720. The SMILES string of the molecule is COc1ccc(/C=C2\CSc3ccc(Cl)cc3C2=O)cc1. The molecule has 21 heavy (non-hydrogen) atoms. The van der Waals surface area contributed by atoms with Crippen LogP contribution in [0.4, 0.5) is 0 Å². The number of carbonyl (C=O) groups is 1. The fourth-order valence-electron chi connectivity index (χ4n) is 2.21. The third kappa shape index (κ3) is 2.99. The van der Waals surface area contributed by atoms with Gasteiger partial charge in [0.25, 0.3) is 0 Å². The molecule has 1 aliphatic rings. The van der Waals surface area contributed by atoms with Gasteiger partial charge in [-0.1, -0.05) is 23.7 Å². The van der Waals surface area contributed by atoms with E-state index in [0.29, 0.717) is 16.3 Å². The summed E-state index contributed by atoms with van der Waals surface area (Å²) in [5.41, 5.74) is 2.48. The van der Waals surface area contributed by atoms with E-state index in [-0.39, 0.29) is 5.78 Å². The fourth-order valence-corrected chi connectivity index (χ4v) is 3.38. The van der Waals surface area contributed by atoms with E-state index in [0.717, 1.165) is 21.8 Å². The van der Waals surface area contributed by atoms with Gasteiger partial charge in [-0.2, -0.15) is 0 Å². The summed E-state index contributed by atoms with van der Waals surface area (Å²) in [5.74, 6) is 1.54. The van der Waals surface area contributed by atoms with E-state index in [9.17, 15) is 4.79 Å². The van der Waals surface area contributed by atoms with Gasteiger partial charge in [-0.15, -0.1) is 11.8 Å². The normalized spacial score (nSPS) is 15.9. The summed E-state index contributed by atoms with van der Waals surface area (Å²) in [7, 11) is 1.63. The number of rotatable bonds is 2. The van der Waals surface area contributed by atoms with Crippen molar-refractivity contribution in [2.75, 3.05) is 12.9 Å². The Hall–Kier alpha value is -1.71. The predicted molar refractivity (Wildman–Crippen MR) is 87.5 cm³/mol. The standard InChI is InChI=1S/C17H13ClO2S/c1-20-14-5-2-11(3-6-14)8-12-10-21-16-7-4-13(18)9-15(16)17(12)19/h2-9H,10H2,1H3/b12-8+. The third-order valence-electron chi connectivity index (χ3n) is 3.32. The first-order valence-corrected chi connectivity index (χ1v) is 7.85. The average Bonchev–Trinajstić information content (AvgIpc) is 2.51. The number of ketones is 1. The summed E-state index contributed by atoms with van der Waals surface area (Å²) >= 11 is 7.65. The molecule has 3 rings (SSSR count). The molecule has 0 fully saturated rings. The number of methoxy groups -OCH3 is 1. The quantitative estimate of drug-likeness (QED) is 0.750. The van der Waals surface area contributed by atoms with Crippen LogP contribution in [0.25, 0.3) is 6.08 Å². The Kier molecular flexibility index (Phi) is 4.04. The topological polar surface area (TPSA) is 26.3 Å². The molecule has 0 atom stereocenters. The molecule has 0 spiro atoms. The van der Waals surface area contributed by atoms with Gasteiger partial charge in [0.2, 0.25) is 0 Å². The number of ether oxygens (including phenoxy) is 1. The predicted octanol–water partition coefficient (Wildman–Crippen LogP) is 4.72. The van der Waals surface area contributed by atoms with Gasteiger partial charge in [0.05, 0.1) is 7.11 Å². The molecular weight excluding hydrogens is 304 g/mol. The van der Waals surface area contributed by atoms with Crippen molar-refractivity contribution in [1.82, 2.24) is 0 Å². The van der Waals surface area contributed by atoms with Gasteiger partial charge in [0.15, 0.2) is 5.78 Å². The highest BCUT2D eigenvalue weighted by Crippen LogP contribution is 2.34. The molecule has 2 nitrogen and oxygen atoms in total. The summed E-state index contributed by atoms with van der Waals surface area (Å²) in [6.07, 6.45) is 1.93. The largest absolute Gasteiger partial charge is 0.497 e. The number of hydrogen-bond acceptors (Lipinski definition) is 3. The van der Waals surface area contributed by atoms with E-state index in [1.165, 1.54) is 0 Å². The molecular formula is C17H13ClO2S. The molecule has 1 aliphatic heterocycles. The number of carbonyl (C=O) groups excluding carboxylic acids is 1. The molecule has 4 heteroatoms. The molecule has 0 saturated heterocycles. The maximum absolute atomic E-state index is 12.5. The molecule has 106 valence electrons. The zero-order chi connectivity index (χ0) is 14.8. The van der Waals surface area contributed by atoms with Gasteiger partial charge in [0, 0.05) is 26.8 Å². The van der Waals surface area contributed by atoms with Gasteiger partial charge in [-0.05, 0) is 42.0 Å². The van der Waals surface area contributed by atoms with Crippen molar-refractivity contribution in [3.8, 4) is 5.75 Å². The van der Waals surface area contributed by atoms with Crippen LogP contribution in [0.3, 0.4) is 0 Å². The number of benzene rings is 2. The molecule has 0 N–H and O–H groups in total. The summed E-state index contributed by atoms with van der Waals surface area (Å²) in [5, 5.41) is 0.591. The fraction of sp³-hybridized carbons (Fsp3) is 0.118. The first-order valence-electron chi connectivity index (χ1n) is 6.49. The lowest BCUT2D eigenvalue weighted by Crippen LogP contribution is -2.12. The minimum Gasteiger partial charge on any atom is -0.497 e. The molecule has 0 bridgehead atoms. The van der Waals surface area contributed by atoms with Gasteiger partial charge < -0.3 is 4.74 Å². The van der Waals surface area contributed by atoms with Crippen LogP contribution in [-0.2, 0) is 0 Å². The molecule has 0 aromatic heterocycles. The van der Waals surface area contributed by atoms with Gasteiger partial charge >= 0.3 is 0 Å². The molecule has 0 amide bonds. The molecule has 0 saturated carbocycles. The minimum absolute atomic E-state index is 0.0575. The van der Waals surface area contributed by atoms with Crippen molar-refractivity contribution in [3.63, 3.8) is 0 Å². The van der Waals surface area contributed by atoms with Crippen molar-refractivity contribution >= 4 is 35.2 Å². The van der Waals surface area contributed by atoms with Gasteiger partial charge in [0.1, 0.15) is 5.75 Å². The molecule has 1 heterocycles. The van der Waals surface area contributed by atoms with Crippen LogP contribution in [0.1, 0.15) is 15.9 Å². The lowest BCUT2D eigenvalue weighted by Gasteiger charge is -2.17. The van der Waals surface area contributed by atoms with Crippen molar-refractivity contribution in [2.24, 2.45) is 0 Å². The highest BCUT2D eigenvalue weighted by Gasteiger charge is 2.22. The second-order valence-corrected chi connectivity index (χ2v) is 6.15. The van der Waals surface area contributed by atoms with Crippen molar-refractivity contribution < 1.29 is 9.53 Å². The second kappa shape index (κ2) is 5.96. The van der Waals surface area contributed by atoms with Gasteiger partial charge in [-0.3, -0.25) is 4.79 Å². The number of hydrogen-bond donors (Lipinski definition) is 0. The van der Waals surface area contributed by atoms with E-state index in [1.54, 1.807) is 24.9 Å². The van der Waals surface area contributed by atoms with Crippen molar-refractivity contribution in [3.05, 3.63) is 64.2 Å². The maximum Gasteiger partial charge on any atom is 0.191 e. The number of Topliss-reactive ketones (excluding diaryl/α,β-unsaturated/α-hetero) is 1. The van der Waals surface area contributed by atoms with Crippen LogP contribution in [0.5, 0.6) is 5.75 Å². The maximum atomic E-state index is 12.5. The van der Waals surface area contributed by atoms with E-state index in [1.807, 2.05) is 42.5 Å². The first-order chi connectivity index (χ1) is 10.2. The zero-order valence-electron chi connectivity index (χ0n) is 11.4. The molecule has 0 aliphatic carbocycles. The van der Waals surface area contributed by atoms with Crippen LogP contribution in [0, 0.1) is 0 Å². The smallest absolute Gasteiger partial charge is 0.191 e. The van der Waals surface area contributed by atoms with E-state index in [4.69, 9.17) is 16.3 Å². The third-order valence-corrected chi connectivity index (χ3v) is 4.68. The van der Waals surface area contributed by atoms with Crippen molar-refractivity contribution in [1.29, 1.82) is 0 Å². The van der Waals surface area contributed by atoms with Crippen LogP contribution >= 0.6 is 23.4 Å². The van der Waals surface area contributed by atoms with E-state index < -0.39 is 0 Å². The monoisotopic (exact) mass is 316 g/mol. The average molecular weight is 317 g/mol. The Morgan fingerprint density at radius 1 is 1.19 bits per heavy atom.